The molecule has 0 amide bonds. The minimum atomic E-state index is -0.624. The highest BCUT2D eigenvalue weighted by Gasteiger charge is 2.00. The molecular formula is C14H11F2NO. The summed E-state index contributed by atoms with van der Waals surface area (Å²) < 4.78 is 25.7. The van der Waals surface area contributed by atoms with Crippen molar-refractivity contribution in [1.29, 1.82) is 0 Å². The monoisotopic (exact) mass is 247 g/mol. The first kappa shape index (κ1) is 12.2. The molecule has 2 aromatic carbocycles. The van der Waals surface area contributed by atoms with Gasteiger partial charge in [0, 0.05) is 6.07 Å². The van der Waals surface area contributed by atoms with Gasteiger partial charge in [0.25, 0.3) is 0 Å². The average molecular weight is 247 g/mol. The fourth-order valence-electron chi connectivity index (χ4n) is 1.44. The molecule has 0 bridgehead atoms. The van der Waals surface area contributed by atoms with Gasteiger partial charge in [0.2, 0.25) is 0 Å². The van der Waals surface area contributed by atoms with Crippen molar-refractivity contribution in [2.24, 2.45) is 5.16 Å². The molecule has 4 heteroatoms. The normalized spacial score (nSPS) is 10.8. The van der Waals surface area contributed by atoms with Crippen LogP contribution >= 0.6 is 0 Å². The van der Waals surface area contributed by atoms with E-state index in [1.807, 2.05) is 30.3 Å². The molecule has 0 heterocycles. The van der Waals surface area contributed by atoms with Crippen LogP contribution in [0.5, 0.6) is 0 Å². The van der Waals surface area contributed by atoms with Crippen molar-refractivity contribution in [3.8, 4) is 0 Å². The van der Waals surface area contributed by atoms with Crippen LogP contribution in [-0.4, -0.2) is 6.21 Å². The molecule has 0 radical (unpaired) electrons. The molecule has 0 aliphatic carbocycles. The second-order valence-electron chi connectivity index (χ2n) is 3.70. The van der Waals surface area contributed by atoms with Gasteiger partial charge in [-0.1, -0.05) is 35.5 Å². The molecule has 92 valence electrons. The zero-order chi connectivity index (χ0) is 12.8. The van der Waals surface area contributed by atoms with Crippen LogP contribution < -0.4 is 0 Å². The number of hydrogen-bond acceptors (Lipinski definition) is 2. The fraction of sp³-hybridized carbons (Fsp3) is 0.0714. The maximum Gasteiger partial charge on any atom is 0.142 e. The molecule has 0 spiro atoms. The highest BCUT2D eigenvalue weighted by atomic mass is 19.1. The van der Waals surface area contributed by atoms with Crippen molar-refractivity contribution in [3.63, 3.8) is 0 Å². The van der Waals surface area contributed by atoms with Gasteiger partial charge in [0.1, 0.15) is 18.2 Å². The maximum atomic E-state index is 12.9. The van der Waals surface area contributed by atoms with Crippen molar-refractivity contribution in [2.75, 3.05) is 0 Å². The molecule has 18 heavy (non-hydrogen) atoms. The van der Waals surface area contributed by atoms with E-state index in [4.69, 9.17) is 4.84 Å². The summed E-state index contributed by atoms with van der Waals surface area (Å²) in [5, 5.41) is 3.73. The zero-order valence-electron chi connectivity index (χ0n) is 9.51. The maximum absolute atomic E-state index is 12.9. The Labute approximate surface area is 104 Å². The lowest BCUT2D eigenvalue weighted by atomic mass is 10.2. The molecule has 0 fully saturated rings. The Balaban J connectivity index is 1.90. The lowest BCUT2D eigenvalue weighted by Crippen LogP contribution is -1.91. The fourth-order valence-corrected chi connectivity index (χ4v) is 1.44. The first-order valence-corrected chi connectivity index (χ1v) is 5.39. The van der Waals surface area contributed by atoms with Gasteiger partial charge >= 0.3 is 0 Å². The molecule has 0 atom stereocenters. The lowest BCUT2D eigenvalue weighted by molar-refractivity contribution is 0.131. The molecule has 0 aliphatic heterocycles. The third-order valence-corrected chi connectivity index (χ3v) is 2.23. The Kier molecular flexibility index (Phi) is 4.02. The zero-order valence-corrected chi connectivity index (χ0v) is 9.51. The van der Waals surface area contributed by atoms with Crippen LogP contribution in [0.1, 0.15) is 11.1 Å². The Hall–Kier alpha value is -2.23. The van der Waals surface area contributed by atoms with Crippen LogP contribution in [0.2, 0.25) is 0 Å². The minimum absolute atomic E-state index is 0.0258. The van der Waals surface area contributed by atoms with E-state index < -0.39 is 11.6 Å². The molecule has 0 saturated heterocycles. The van der Waals surface area contributed by atoms with E-state index in [0.29, 0.717) is 5.56 Å². The van der Waals surface area contributed by atoms with Gasteiger partial charge in [-0.25, -0.2) is 8.78 Å². The molecule has 0 aliphatic rings. The average Bonchev–Trinajstić information content (AvgIpc) is 2.35. The van der Waals surface area contributed by atoms with E-state index in [1.165, 1.54) is 18.3 Å². The molecular weight excluding hydrogens is 236 g/mol. The van der Waals surface area contributed by atoms with Crippen molar-refractivity contribution in [2.45, 2.75) is 6.61 Å². The van der Waals surface area contributed by atoms with Crippen molar-refractivity contribution in [1.82, 2.24) is 0 Å². The number of hydrogen-bond donors (Lipinski definition) is 0. The van der Waals surface area contributed by atoms with E-state index in [2.05, 4.69) is 5.16 Å². The molecule has 2 rings (SSSR count). The van der Waals surface area contributed by atoms with E-state index in [0.717, 1.165) is 11.6 Å². The van der Waals surface area contributed by atoms with Crippen LogP contribution in [0.25, 0.3) is 0 Å². The van der Waals surface area contributed by atoms with E-state index in [9.17, 15) is 8.78 Å². The molecule has 0 aromatic heterocycles. The minimum Gasteiger partial charge on any atom is -0.391 e. The number of oxime groups is 1. The summed E-state index contributed by atoms with van der Waals surface area (Å²) in [6, 6.07) is 12.6. The Morgan fingerprint density at radius 2 is 1.67 bits per heavy atom. The highest BCUT2D eigenvalue weighted by molar-refractivity contribution is 5.78. The molecule has 2 nitrogen and oxygen atoms in total. The molecule has 0 unspecified atom stereocenters. The van der Waals surface area contributed by atoms with Gasteiger partial charge in [-0.2, -0.15) is 0 Å². The number of rotatable bonds is 4. The summed E-state index contributed by atoms with van der Waals surface area (Å²) in [6.07, 6.45) is 1.54. The second-order valence-corrected chi connectivity index (χ2v) is 3.70. The lowest BCUT2D eigenvalue weighted by Gasteiger charge is -2.00. The molecule has 2 aromatic rings. The predicted octanol–water partition coefficient (Wildman–Crippen LogP) is 3.52. The first-order valence-electron chi connectivity index (χ1n) is 5.39. The predicted molar refractivity (Wildman–Crippen MR) is 65.2 cm³/mol. The van der Waals surface area contributed by atoms with E-state index >= 15 is 0 Å². The molecule has 0 N–H and O–H groups in total. The van der Waals surface area contributed by atoms with Gasteiger partial charge in [-0.05, 0) is 23.3 Å². The van der Waals surface area contributed by atoms with Crippen LogP contribution in [0.4, 0.5) is 8.78 Å². The summed E-state index contributed by atoms with van der Waals surface area (Å²) in [5.41, 5.74) is 1.29. The van der Waals surface area contributed by atoms with Crippen molar-refractivity contribution < 1.29 is 13.6 Å². The summed E-state index contributed by atoms with van der Waals surface area (Å²) in [7, 11) is 0. The van der Waals surface area contributed by atoms with Crippen molar-refractivity contribution >= 4 is 6.21 Å². The van der Waals surface area contributed by atoms with Gasteiger partial charge in [-0.3, -0.25) is 0 Å². The van der Waals surface area contributed by atoms with Crippen LogP contribution in [0.3, 0.4) is 0 Å². The Bertz CT molecular complexity index is 520. The quantitative estimate of drug-likeness (QED) is 0.598. The first-order chi connectivity index (χ1) is 8.74. The van der Waals surface area contributed by atoms with Crippen LogP contribution in [-0.2, 0) is 11.4 Å². The van der Waals surface area contributed by atoms with Gasteiger partial charge < -0.3 is 4.84 Å². The van der Waals surface area contributed by atoms with Gasteiger partial charge in [0.15, 0.2) is 0 Å². The Morgan fingerprint density at radius 1 is 1.00 bits per heavy atom. The van der Waals surface area contributed by atoms with Crippen molar-refractivity contribution in [3.05, 3.63) is 71.3 Å². The van der Waals surface area contributed by atoms with Crippen LogP contribution in [0.15, 0.2) is 53.7 Å². The standard InChI is InChI=1S/C14H11F2NO/c15-13-6-12(7-14(16)8-13)10-18-17-9-11-4-2-1-3-5-11/h1-9H,10H2. The summed E-state index contributed by atoms with van der Waals surface area (Å²) in [4.78, 5) is 4.97. The Morgan fingerprint density at radius 3 is 2.33 bits per heavy atom. The summed E-state index contributed by atoms with van der Waals surface area (Å²) >= 11 is 0. The second kappa shape index (κ2) is 5.91. The van der Waals surface area contributed by atoms with Gasteiger partial charge in [0.05, 0.1) is 6.21 Å². The number of nitrogens with zero attached hydrogens (tertiary/aromatic N) is 1. The van der Waals surface area contributed by atoms with E-state index in [-0.39, 0.29) is 6.61 Å². The highest BCUT2D eigenvalue weighted by Crippen LogP contribution is 2.09. The van der Waals surface area contributed by atoms with Gasteiger partial charge in [-0.15, -0.1) is 0 Å². The van der Waals surface area contributed by atoms with E-state index in [1.54, 1.807) is 0 Å². The SMILES string of the molecule is Fc1cc(F)cc(CON=Cc2ccccc2)c1. The third-order valence-electron chi connectivity index (χ3n) is 2.23. The number of halogens is 2. The summed E-state index contributed by atoms with van der Waals surface area (Å²) in [5.74, 6) is -1.25. The van der Waals surface area contributed by atoms with Crippen LogP contribution in [0, 0.1) is 11.6 Å². The topological polar surface area (TPSA) is 21.6 Å². The smallest absolute Gasteiger partial charge is 0.142 e. The summed E-state index contributed by atoms with van der Waals surface area (Å²) in [6.45, 7) is 0.0258. The number of benzene rings is 2. The largest absolute Gasteiger partial charge is 0.391 e. The molecule has 0 saturated carbocycles. The third kappa shape index (κ3) is 3.66.